The van der Waals surface area contributed by atoms with Crippen molar-refractivity contribution in [2.75, 3.05) is 26.8 Å². The largest absolute Gasteiger partial charge is 0.497 e. The van der Waals surface area contributed by atoms with Gasteiger partial charge in [-0.3, -0.25) is 14.5 Å². The van der Waals surface area contributed by atoms with Crippen LogP contribution in [-0.2, 0) is 17.9 Å². The lowest BCUT2D eigenvalue weighted by Gasteiger charge is -2.27. The van der Waals surface area contributed by atoms with Crippen molar-refractivity contribution in [1.82, 2.24) is 19.7 Å². The molecule has 5 rings (SSSR count). The zero-order valence-electron chi connectivity index (χ0n) is 23.3. The molecule has 0 saturated heterocycles. The van der Waals surface area contributed by atoms with Crippen LogP contribution in [-0.4, -0.2) is 69.1 Å². The molecule has 0 unspecified atom stereocenters. The van der Waals surface area contributed by atoms with Crippen LogP contribution >= 0.6 is 11.6 Å². The van der Waals surface area contributed by atoms with Crippen molar-refractivity contribution in [3.63, 3.8) is 0 Å². The van der Waals surface area contributed by atoms with E-state index in [1.807, 2.05) is 24.3 Å². The summed E-state index contributed by atoms with van der Waals surface area (Å²) in [6.45, 7) is 6.00. The van der Waals surface area contributed by atoms with Crippen LogP contribution in [0.15, 0.2) is 48.8 Å². The Bertz CT molecular complexity index is 1610. The van der Waals surface area contributed by atoms with E-state index < -0.39 is 11.7 Å². The molecule has 1 aliphatic rings. The number of aliphatic hydroxyl groups excluding tert-OH is 1. The molecule has 1 aliphatic carbocycles. The topological polar surface area (TPSA) is 116 Å². The fourth-order valence-corrected chi connectivity index (χ4v) is 5.00. The first-order valence-electron chi connectivity index (χ1n) is 13.2. The molecular formula is C30H31ClN4O6. The Labute approximate surface area is 242 Å². The van der Waals surface area contributed by atoms with Crippen LogP contribution < -0.4 is 9.47 Å². The summed E-state index contributed by atoms with van der Waals surface area (Å²) in [6.07, 6.45) is 2.59. The number of benzene rings is 2. The number of ether oxygens (including phenoxy) is 3. The molecule has 41 heavy (non-hydrogen) atoms. The van der Waals surface area contributed by atoms with Crippen LogP contribution in [0.25, 0.3) is 22.2 Å². The average Bonchev–Trinajstić information content (AvgIpc) is 3.31. The number of hydrogen-bond acceptors (Lipinski definition) is 8. The second-order valence-corrected chi connectivity index (χ2v) is 11.0. The Hall–Kier alpha value is -4.15. The second kappa shape index (κ2) is 11.4. The number of ketones is 1. The van der Waals surface area contributed by atoms with Gasteiger partial charge in [-0.05, 0) is 50.6 Å². The van der Waals surface area contributed by atoms with Gasteiger partial charge < -0.3 is 24.2 Å². The monoisotopic (exact) mass is 578 g/mol. The molecule has 2 aromatic carbocycles. The van der Waals surface area contributed by atoms with E-state index in [1.165, 1.54) is 11.1 Å². The van der Waals surface area contributed by atoms with E-state index in [0.717, 1.165) is 11.3 Å². The van der Waals surface area contributed by atoms with Gasteiger partial charge in [0.15, 0.2) is 5.78 Å². The quantitative estimate of drug-likeness (QED) is 0.256. The van der Waals surface area contributed by atoms with Gasteiger partial charge in [0.25, 0.3) is 0 Å². The number of aromatic nitrogens is 3. The van der Waals surface area contributed by atoms with E-state index >= 15 is 0 Å². The molecule has 2 aromatic heterocycles. The Morgan fingerprint density at radius 2 is 1.83 bits per heavy atom. The molecular weight excluding hydrogens is 548 g/mol. The molecule has 1 amide bonds. The average molecular weight is 579 g/mol. The maximum atomic E-state index is 13.9. The van der Waals surface area contributed by atoms with Crippen molar-refractivity contribution in [3.8, 4) is 22.8 Å². The number of carbonyl (C=O) groups is 2. The number of hydrogen-bond donors (Lipinski definition) is 1. The van der Waals surface area contributed by atoms with E-state index in [9.17, 15) is 14.7 Å². The molecule has 0 fully saturated rings. The summed E-state index contributed by atoms with van der Waals surface area (Å²) in [6, 6.07) is 10.9. The highest BCUT2D eigenvalue weighted by molar-refractivity contribution is 6.39. The highest BCUT2D eigenvalue weighted by atomic mass is 35.5. The Morgan fingerprint density at radius 3 is 2.51 bits per heavy atom. The summed E-state index contributed by atoms with van der Waals surface area (Å²) >= 11 is 6.58. The van der Waals surface area contributed by atoms with Crippen LogP contribution in [0.5, 0.6) is 11.5 Å². The number of fused-ring (bicyclic) bond motifs is 2. The summed E-state index contributed by atoms with van der Waals surface area (Å²) < 4.78 is 18.5. The molecule has 0 spiro atoms. The number of carbonyl (C=O) groups excluding carboxylic acids is 2. The smallest absolute Gasteiger partial charge is 0.410 e. The molecule has 0 atom stereocenters. The highest BCUT2D eigenvalue weighted by Gasteiger charge is 2.34. The lowest BCUT2D eigenvalue weighted by Crippen LogP contribution is -2.40. The van der Waals surface area contributed by atoms with Gasteiger partial charge in [0.1, 0.15) is 29.4 Å². The standard InChI is InChI=1S/C30H31ClN4O6/c1-30(2,3)41-29(38)34(13-14-36)11-12-35-22-10-9-21(31)25-26(22)27(33-35)20-15-32-16-23(24(20)28(25)37)40-17-18-5-7-19(39-4)8-6-18/h5-10,15-16,36H,11-14,17H2,1-4H3. The van der Waals surface area contributed by atoms with Crippen LogP contribution in [0, 0.1) is 0 Å². The van der Waals surface area contributed by atoms with E-state index in [4.69, 9.17) is 30.9 Å². The van der Waals surface area contributed by atoms with Gasteiger partial charge in [-0.1, -0.05) is 23.7 Å². The normalized spacial score (nSPS) is 12.3. The maximum absolute atomic E-state index is 13.9. The van der Waals surface area contributed by atoms with E-state index in [2.05, 4.69) is 4.98 Å². The third kappa shape index (κ3) is 5.71. The molecule has 1 N–H and O–H groups in total. The number of nitrogens with zero attached hydrogens (tertiary/aromatic N) is 4. The SMILES string of the molecule is COc1ccc(COc2cncc3c2C(=O)c2c(Cl)ccc4c2c-3nn4CCN(CCO)C(=O)OC(C)(C)C)cc1. The fraction of sp³-hybridized carbons (Fsp3) is 0.333. The first-order valence-corrected chi connectivity index (χ1v) is 13.6. The lowest BCUT2D eigenvalue weighted by atomic mass is 9.88. The summed E-state index contributed by atoms with van der Waals surface area (Å²) in [5, 5.41) is 15.3. The third-order valence-corrected chi connectivity index (χ3v) is 6.96. The Balaban J connectivity index is 1.48. The summed E-state index contributed by atoms with van der Waals surface area (Å²) in [4.78, 5) is 32.4. The molecule has 0 aliphatic heterocycles. The van der Waals surface area contributed by atoms with Gasteiger partial charge in [-0.2, -0.15) is 5.10 Å². The Morgan fingerprint density at radius 1 is 1.07 bits per heavy atom. The van der Waals surface area contributed by atoms with Crippen molar-refractivity contribution >= 4 is 34.4 Å². The van der Waals surface area contributed by atoms with E-state index in [1.54, 1.807) is 50.9 Å². The van der Waals surface area contributed by atoms with Gasteiger partial charge in [0, 0.05) is 30.2 Å². The van der Waals surface area contributed by atoms with Crippen molar-refractivity contribution in [1.29, 1.82) is 0 Å². The number of amides is 1. The first-order chi connectivity index (χ1) is 19.6. The minimum absolute atomic E-state index is 0.109. The van der Waals surface area contributed by atoms with Crippen molar-refractivity contribution in [2.45, 2.75) is 39.5 Å². The molecule has 0 saturated carbocycles. The minimum Gasteiger partial charge on any atom is -0.497 e. The van der Waals surface area contributed by atoms with Crippen molar-refractivity contribution in [3.05, 3.63) is 70.5 Å². The van der Waals surface area contributed by atoms with Crippen LogP contribution in [0.4, 0.5) is 4.79 Å². The highest BCUT2D eigenvalue weighted by Crippen LogP contribution is 2.44. The number of aliphatic hydroxyl groups is 1. The molecule has 0 radical (unpaired) electrons. The van der Waals surface area contributed by atoms with Gasteiger partial charge in [0.2, 0.25) is 0 Å². The summed E-state index contributed by atoms with van der Waals surface area (Å²) in [7, 11) is 1.60. The summed E-state index contributed by atoms with van der Waals surface area (Å²) in [5.41, 5.74) is 2.70. The lowest BCUT2D eigenvalue weighted by molar-refractivity contribution is 0.0211. The van der Waals surface area contributed by atoms with Crippen LogP contribution in [0.3, 0.4) is 0 Å². The first kappa shape index (κ1) is 28.4. The van der Waals surface area contributed by atoms with Crippen LogP contribution in [0.2, 0.25) is 5.02 Å². The molecule has 2 heterocycles. The van der Waals surface area contributed by atoms with Crippen molar-refractivity contribution in [2.24, 2.45) is 0 Å². The zero-order chi connectivity index (χ0) is 29.3. The number of pyridine rings is 1. The van der Waals surface area contributed by atoms with Gasteiger partial charge in [-0.25, -0.2) is 4.79 Å². The maximum Gasteiger partial charge on any atom is 0.410 e. The molecule has 214 valence electrons. The van der Waals surface area contributed by atoms with Gasteiger partial charge >= 0.3 is 6.09 Å². The van der Waals surface area contributed by atoms with Crippen molar-refractivity contribution < 1.29 is 28.9 Å². The van der Waals surface area contributed by atoms with E-state index in [-0.39, 0.29) is 32.1 Å². The zero-order valence-corrected chi connectivity index (χ0v) is 24.1. The third-order valence-electron chi connectivity index (χ3n) is 6.65. The molecule has 10 nitrogen and oxygen atoms in total. The second-order valence-electron chi connectivity index (χ2n) is 10.6. The molecule has 11 heteroatoms. The van der Waals surface area contributed by atoms with E-state index in [0.29, 0.717) is 50.6 Å². The molecule has 4 aromatic rings. The number of halogens is 1. The summed E-state index contributed by atoms with van der Waals surface area (Å²) in [5.74, 6) is 0.792. The molecule has 0 bridgehead atoms. The Kier molecular flexibility index (Phi) is 7.88. The van der Waals surface area contributed by atoms with Crippen LogP contribution in [0.1, 0.15) is 42.3 Å². The number of methoxy groups -OCH3 is 1. The predicted molar refractivity (Wildman–Crippen MR) is 154 cm³/mol. The van der Waals surface area contributed by atoms with Gasteiger partial charge in [0.05, 0.1) is 48.1 Å². The minimum atomic E-state index is -0.676. The fourth-order valence-electron chi connectivity index (χ4n) is 4.76. The predicted octanol–water partition coefficient (Wildman–Crippen LogP) is 5.11. The van der Waals surface area contributed by atoms with Gasteiger partial charge in [-0.15, -0.1) is 0 Å². The number of rotatable bonds is 9.